The van der Waals surface area contributed by atoms with E-state index in [2.05, 4.69) is 5.43 Å². The number of hydrogen-bond donors (Lipinski definition) is 3. The molecular formula is C9H12FN3O2. The van der Waals surface area contributed by atoms with Crippen molar-refractivity contribution in [3.63, 3.8) is 0 Å². The van der Waals surface area contributed by atoms with Crippen LogP contribution in [0, 0.1) is 5.82 Å². The average molecular weight is 213 g/mol. The first-order chi connectivity index (χ1) is 6.91. The molecule has 1 rings (SSSR count). The van der Waals surface area contributed by atoms with Crippen molar-refractivity contribution in [3.05, 3.63) is 23.5 Å². The highest BCUT2D eigenvalue weighted by molar-refractivity contribution is 5.94. The number of nitrogens with one attached hydrogen (secondary N) is 1. The molecule has 0 atom stereocenters. The van der Waals surface area contributed by atoms with Gasteiger partial charge in [0.25, 0.3) is 0 Å². The topological polar surface area (TPSA) is 78.6 Å². The number of nitrogens with zero attached hydrogens (tertiary/aromatic N) is 1. The summed E-state index contributed by atoms with van der Waals surface area (Å²) in [5, 5.41) is 10.3. The van der Waals surface area contributed by atoms with Gasteiger partial charge in [0.2, 0.25) is 0 Å². The molecule has 0 saturated heterocycles. The summed E-state index contributed by atoms with van der Waals surface area (Å²) in [6.45, 7) is 0. The van der Waals surface area contributed by atoms with Crippen LogP contribution in [0.15, 0.2) is 12.1 Å². The van der Waals surface area contributed by atoms with Crippen LogP contribution in [-0.2, 0) is 0 Å². The Bertz CT molecular complexity index is 393. The monoisotopic (exact) mass is 213 g/mol. The van der Waals surface area contributed by atoms with Gasteiger partial charge in [0.15, 0.2) is 0 Å². The summed E-state index contributed by atoms with van der Waals surface area (Å²) in [6.07, 6.45) is 0. The van der Waals surface area contributed by atoms with Crippen LogP contribution < -0.4 is 11.2 Å². The van der Waals surface area contributed by atoms with E-state index < -0.39 is 11.8 Å². The van der Waals surface area contributed by atoms with Crippen LogP contribution in [0.2, 0.25) is 0 Å². The van der Waals surface area contributed by atoms with E-state index in [-0.39, 0.29) is 16.9 Å². The summed E-state index contributed by atoms with van der Waals surface area (Å²) < 4.78 is 13.3. The number of hydrogen-bond acceptors (Lipinski definition) is 4. The van der Waals surface area contributed by atoms with E-state index in [1.165, 1.54) is 5.01 Å². The minimum atomic E-state index is -1.19. The predicted octanol–water partition coefficient (Wildman–Crippen LogP) is 0.995. The molecule has 0 spiro atoms. The molecule has 1 aromatic carbocycles. The summed E-state index contributed by atoms with van der Waals surface area (Å²) in [5.74, 6) is -1.78. The molecule has 0 aliphatic rings. The lowest BCUT2D eigenvalue weighted by Gasteiger charge is -2.15. The van der Waals surface area contributed by atoms with Crippen molar-refractivity contribution in [2.24, 2.45) is 0 Å². The third-order valence-electron chi connectivity index (χ3n) is 1.71. The van der Waals surface area contributed by atoms with E-state index in [1.54, 1.807) is 14.1 Å². The fourth-order valence-corrected chi connectivity index (χ4v) is 1.10. The largest absolute Gasteiger partial charge is 0.478 e. The van der Waals surface area contributed by atoms with Crippen LogP contribution in [0.4, 0.5) is 15.8 Å². The Kier molecular flexibility index (Phi) is 3.11. The number of carboxylic acids is 1. The van der Waals surface area contributed by atoms with Crippen molar-refractivity contribution in [1.29, 1.82) is 0 Å². The lowest BCUT2D eigenvalue weighted by molar-refractivity contribution is 0.0698. The van der Waals surface area contributed by atoms with Crippen molar-refractivity contribution in [3.8, 4) is 0 Å². The van der Waals surface area contributed by atoms with Gasteiger partial charge in [0.05, 0.1) is 11.3 Å². The smallest absolute Gasteiger partial charge is 0.337 e. The van der Waals surface area contributed by atoms with E-state index in [0.29, 0.717) is 0 Å². The zero-order valence-electron chi connectivity index (χ0n) is 8.41. The number of nitrogen functional groups attached to an aromatic ring is 1. The van der Waals surface area contributed by atoms with Crippen LogP contribution in [0.3, 0.4) is 0 Å². The standard InChI is InChI=1S/C9H12FN3O2/c1-13(2)12-8-3-5(9(14)15)7(11)4-6(8)10/h3-4,12H,11H2,1-2H3,(H,14,15). The van der Waals surface area contributed by atoms with Crippen molar-refractivity contribution >= 4 is 17.3 Å². The Labute approximate surface area is 86.3 Å². The van der Waals surface area contributed by atoms with Gasteiger partial charge in [-0.1, -0.05) is 0 Å². The molecule has 4 N–H and O–H groups in total. The molecule has 82 valence electrons. The number of halogens is 1. The zero-order valence-corrected chi connectivity index (χ0v) is 8.41. The molecule has 0 aliphatic carbocycles. The van der Waals surface area contributed by atoms with Crippen LogP contribution in [0.1, 0.15) is 10.4 Å². The quantitative estimate of drug-likeness (QED) is 0.515. The number of benzene rings is 1. The van der Waals surface area contributed by atoms with Crippen LogP contribution in [0.25, 0.3) is 0 Å². The van der Waals surface area contributed by atoms with Crippen molar-refractivity contribution in [2.75, 3.05) is 25.3 Å². The maximum atomic E-state index is 13.3. The first-order valence-corrected chi connectivity index (χ1v) is 4.18. The third kappa shape index (κ3) is 2.57. The molecule has 1 aromatic rings. The minimum absolute atomic E-state index is 0.0756. The Morgan fingerprint density at radius 3 is 2.60 bits per heavy atom. The highest BCUT2D eigenvalue weighted by Crippen LogP contribution is 2.22. The number of nitrogens with two attached hydrogens (primary N) is 1. The lowest BCUT2D eigenvalue weighted by Crippen LogP contribution is -2.21. The molecular weight excluding hydrogens is 201 g/mol. The molecule has 0 amide bonds. The molecule has 0 fully saturated rings. The lowest BCUT2D eigenvalue weighted by atomic mass is 10.1. The first-order valence-electron chi connectivity index (χ1n) is 4.18. The Morgan fingerprint density at radius 2 is 2.13 bits per heavy atom. The maximum absolute atomic E-state index is 13.3. The van der Waals surface area contributed by atoms with Gasteiger partial charge in [0, 0.05) is 19.8 Å². The summed E-state index contributed by atoms with van der Waals surface area (Å²) >= 11 is 0. The second-order valence-corrected chi connectivity index (χ2v) is 3.23. The Balaban J connectivity index is 3.17. The third-order valence-corrected chi connectivity index (χ3v) is 1.71. The normalized spacial score (nSPS) is 10.4. The van der Waals surface area contributed by atoms with Crippen LogP contribution in [0.5, 0.6) is 0 Å². The van der Waals surface area contributed by atoms with Crippen molar-refractivity contribution in [1.82, 2.24) is 5.01 Å². The average Bonchev–Trinajstić information content (AvgIpc) is 2.08. The van der Waals surface area contributed by atoms with E-state index in [4.69, 9.17) is 10.8 Å². The van der Waals surface area contributed by atoms with Gasteiger partial charge < -0.3 is 16.3 Å². The molecule has 0 bridgehead atoms. The maximum Gasteiger partial charge on any atom is 0.337 e. The Morgan fingerprint density at radius 1 is 1.53 bits per heavy atom. The number of hydrazine groups is 1. The predicted molar refractivity (Wildman–Crippen MR) is 55.1 cm³/mol. The number of carbonyl (C=O) groups is 1. The zero-order chi connectivity index (χ0) is 11.6. The molecule has 0 radical (unpaired) electrons. The molecule has 15 heavy (non-hydrogen) atoms. The van der Waals surface area contributed by atoms with Gasteiger partial charge >= 0.3 is 5.97 Å². The van der Waals surface area contributed by atoms with Crippen molar-refractivity contribution < 1.29 is 14.3 Å². The molecule has 0 heterocycles. The molecule has 0 aromatic heterocycles. The highest BCUT2D eigenvalue weighted by Gasteiger charge is 2.13. The number of anilines is 2. The fraction of sp³-hybridized carbons (Fsp3) is 0.222. The fourth-order valence-electron chi connectivity index (χ4n) is 1.10. The van der Waals surface area contributed by atoms with Crippen molar-refractivity contribution in [2.45, 2.75) is 0 Å². The van der Waals surface area contributed by atoms with Gasteiger partial charge in [-0.3, -0.25) is 0 Å². The molecule has 0 unspecified atom stereocenters. The minimum Gasteiger partial charge on any atom is -0.478 e. The van der Waals surface area contributed by atoms with E-state index in [0.717, 1.165) is 12.1 Å². The Hall–Kier alpha value is -1.82. The number of rotatable bonds is 3. The summed E-state index contributed by atoms with van der Waals surface area (Å²) in [4.78, 5) is 10.7. The van der Waals surface area contributed by atoms with Gasteiger partial charge in [-0.15, -0.1) is 0 Å². The molecule has 6 heteroatoms. The SMILES string of the molecule is CN(C)Nc1cc(C(=O)O)c(N)cc1F. The van der Waals surface area contributed by atoms with Gasteiger partial charge in [-0.25, -0.2) is 14.2 Å². The first kappa shape index (κ1) is 11.3. The van der Waals surface area contributed by atoms with Crippen LogP contribution >= 0.6 is 0 Å². The van der Waals surface area contributed by atoms with E-state index in [1.807, 2.05) is 0 Å². The second-order valence-electron chi connectivity index (χ2n) is 3.23. The van der Waals surface area contributed by atoms with Gasteiger partial charge in [-0.05, 0) is 12.1 Å². The van der Waals surface area contributed by atoms with E-state index >= 15 is 0 Å². The summed E-state index contributed by atoms with van der Waals surface area (Å²) in [5.41, 5.74) is 7.85. The molecule has 5 nitrogen and oxygen atoms in total. The summed E-state index contributed by atoms with van der Waals surface area (Å²) in [6, 6.07) is 2.14. The second kappa shape index (κ2) is 4.14. The molecule has 0 saturated carbocycles. The number of carboxylic acid groups (broad SMARTS) is 1. The summed E-state index contributed by atoms with van der Waals surface area (Å²) in [7, 11) is 3.33. The molecule has 0 aliphatic heterocycles. The highest BCUT2D eigenvalue weighted by atomic mass is 19.1. The van der Waals surface area contributed by atoms with Crippen LogP contribution in [-0.4, -0.2) is 30.2 Å². The number of aromatic carboxylic acids is 1. The van der Waals surface area contributed by atoms with Gasteiger partial charge in [-0.2, -0.15) is 0 Å². The van der Waals surface area contributed by atoms with Gasteiger partial charge in [0.1, 0.15) is 5.82 Å². The van der Waals surface area contributed by atoms with E-state index in [9.17, 15) is 9.18 Å².